The number of rotatable bonds is 4. The summed E-state index contributed by atoms with van der Waals surface area (Å²) in [5.41, 5.74) is 7.53. The van der Waals surface area contributed by atoms with Gasteiger partial charge in [-0.25, -0.2) is 4.39 Å². The van der Waals surface area contributed by atoms with Gasteiger partial charge in [-0.3, -0.25) is 4.79 Å². The van der Waals surface area contributed by atoms with E-state index in [0.717, 1.165) is 48.0 Å². The third-order valence-corrected chi connectivity index (χ3v) is 6.44. The molecule has 0 bridgehead atoms. The maximum absolute atomic E-state index is 13.6. The molecule has 0 amide bonds. The number of aryl methyl sites for hydroxylation is 1. The molecule has 2 aromatic carbocycles. The zero-order valence-electron chi connectivity index (χ0n) is 18.2. The van der Waals surface area contributed by atoms with Crippen LogP contribution in [-0.2, 0) is 17.6 Å². The van der Waals surface area contributed by atoms with Gasteiger partial charge in [-0.05, 0) is 78.3 Å². The van der Waals surface area contributed by atoms with Crippen LogP contribution < -0.4 is 0 Å². The molecule has 0 aliphatic heterocycles. The van der Waals surface area contributed by atoms with Crippen LogP contribution in [0.25, 0.3) is 5.57 Å². The van der Waals surface area contributed by atoms with Gasteiger partial charge in [-0.15, -0.1) is 0 Å². The minimum atomic E-state index is -0.125. The largest absolute Gasteiger partial charge is 0.294 e. The molecule has 0 aromatic heterocycles. The van der Waals surface area contributed by atoms with E-state index in [1.165, 1.54) is 16.7 Å². The van der Waals surface area contributed by atoms with E-state index in [1.54, 1.807) is 18.2 Å². The van der Waals surface area contributed by atoms with Crippen molar-refractivity contribution in [1.29, 1.82) is 0 Å². The lowest BCUT2D eigenvalue weighted by Crippen LogP contribution is -2.09. The summed E-state index contributed by atoms with van der Waals surface area (Å²) in [5.74, 6) is 6.90. The molecule has 0 radical (unpaired) electrons. The van der Waals surface area contributed by atoms with Crippen molar-refractivity contribution in [3.8, 4) is 11.8 Å². The molecule has 0 heterocycles. The lowest BCUT2D eigenvalue weighted by atomic mass is 9.95. The number of carbonyl (C=O) groups is 1. The van der Waals surface area contributed by atoms with Crippen LogP contribution in [0.2, 0.25) is 0 Å². The smallest absolute Gasteiger partial charge is 0.160 e. The third kappa shape index (κ3) is 4.43. The quantitative estimate of drug-likeness (QED) is 0.512. The van der Waals surface area contributed by atoms with Gasteiger partial charge in [0.05, 0.1) is 0 Å². The minimum Gasteiger partial charge on any atom is -0.294 e. The predicted molar refractivity (Wildman–Crippen MR) is 127 cm³/mol. The van der Waals surface area contributed by atoms with Gasteiger partial charge < -0.3 is 0 Å². The van der Waals surface area contributed by atoms with Crippen LogP contribution in [-0.4, -0.2) is 5.78 Å². The monoisotopic (exact) mass is 420 g/mol. The summed E-state index contributed by atoms with van der Waals surface area (Å²) < 4.78 is 13.6. The summed E-state index contributed by atoms with van der Waals surface area (Å²) in [6.45, 7) is 1.98. The van der Waals surface area contributed by atoms with Crippen molar-refractivity contribution in [1.82, 2.24) is 0 Å². The van der Waals surface area contributed by atoms with E-state index in [9.17, 15) is 9.18 Å². The fourth-order valence-corrected chi connectivity index (χ4v) is 4.60. The molecular formula is C30H25FO. The number of carbonyl (C=O) groups excluding carboxylic acids is 1. The van der Waals surface area contributed by atoms with Gasteiger partial charge in [-0.1, -0.05) is 66.8 Å². The fourth-order valence-electron chi connectivity index (χ4n) is 4.60. The Morgan fingerprint density at radius 1 is 1.00 bits per heavy atom. The van der Waals surface area contributed by atoms with Crippen molar-refractivity contribution in [2.75, 3.05) is 0 Å². The molecule has 3 aliphatic rings. The summed E-state index contributed by atoms with van der Waals surface area (Å²) in [7, 11) is 0. The van der Waals surface area contributed by atoms with Crippen LogP contribution in [0.5, 0.6) is 0 Å². The average molecular weight is 421 g/mol. The molecule has 3 aliphatic carbocycles. The first-order valence-electron chi connectivity index (χ1n) is 11.3. The second-order valence-electron chi connectivity index (χ2n) is 8.92. The van der Waals surface area contributed by atoms with Gasteiger partial charge in [0.25, 0.3) is 0 Å². The van der Waals surface area contributed by atoms with Crippen molar-refractivity contribution < 1.29 is 9.18 Å². The Morgan fingerprint density at radius 2 is 1.88 bits per heavy atom. The molecule has 2 atom stereocenters. The van der Waals surface area contributed by atoms with Crippen molar-refractivity contribution in [2.45, 2.75) is 32.6 Å². The van der Waals surface area contributed by atoms with Crippen LogP contribution >= 0.6 is 0 Å². The van der Waals surface area contributed by atoms with E-state index in [2.05, 4.69) is 42.2 Å². The van der Waals surface area contributed by atoms with E-state index in [0.29, 0.717) is 5.92 Å². The summed E-state index contributed by atoms with van der Waals surface area (Å²) in [4.78, 5) is 12.5. The normalized spacial score (nSPS) is 21.0. The average Bonchev–Trinajstić information content (AvgIpc) is 3.57. The number of hydrogen-bond acceptors (Lipinski definition) is 1. The Kier molecular flexibility index (Phi) is 5.50. The molecule has 2 heteroatoms. The Labute approximate surface area is 189 Å². The second kappa shape index (κ2) is 8.60. The molecule has 0 N–H and O–H groups in total. The van der Waals surface area contributed by atoms with Gasteiger partial charge in [-0.2, -0.15) is 0 Å². The summed E-state index contributed by atoms with van der Waals surface area (Å²) in [6.07, 6.45) is 10.7. The maximum atomic E-state index is 13.6. The third-order valence-electron chi connectivity index (χ3n) is 6.44. The fraction of sp³-hybridized carbons (Fsp3) is 0.233. The van der Waals surface area contributed by atoms with E-state index in [4.69, 9.17) is 0 Å². The molecule has 2 unspecified atom stereocenters. The van der Waals surface area contributed by atoms with Gasteiger partial charge >= 0.3 is 0 Å². The maximum Gasteiger partial charge on any atom is 0.160 e. The zero-order valence-corrected chi connectivity index (χ0v) is 18.2. The number of hydrogen-bond donors (Lipinski definition) is 0. The summed E-state index contributed by atoms with van der Waals surface area (Å²) >= 11 is 0. The molecule has 2 aromatic rings. The molecule has 0 saturated heterocycles. The first kappa shape index (κ1) is 20.5. The Hall–Kier alpha value is -3.44. The Bertz CT molecular complexity index is 1280. The number of allylic oxidation sites excluding steroid dienone is 8. The standard InChI is InChI=1S/C30H25FO/c1-20-14-23-9-2-3-11-28(23)25(19-30(20)32)13-12-22-7-4-6-21(15-22)8-5-10-24-16-27(31)17-26-18-29(24)26/h2-4,6-7,9,11,15-20,29H,5,8,10,14H2,1H3. The summed E-state index contributed by atoms with van der Waals surface area (Å²) in [5, 5.41) is 0. The lowest BCUT2D eigenvalue weighted by molar-refractivity contribution is -0.117. The Morgan fingerprint density at radius 3 is 2.78 bits per heavy atom. The van der Waals surface area contributed by atoms with E-state index >= 15 is 0 Å². The van der Waals surface area contributed by atoms with E-state index in [1.807, 2.05) is 31.2 Å². The highest BCUT2D eigenvalue weighted by Gasteiger charge is 2.29. The van der Waals surface area contributed by atoms with Crippen LogP contribution in [0.1, 0.15) is 42.0 Å². The SMILES string of the molecule is CC1Cc2ccccc2C(C#Cc2cccc(CCCC3=CC(F)=CC4=CC43)c2)=CC1=O. The van der Waals surface area contributed by atoms with Gasteiger partial charge in [0.2, 0.25) is 0 Å². The number of fused-ring (bicyclic) bond motifs is 2. The first-order chi connectivity index (χ1) is 15.6. The minimum absolute atomic E-state index is 0.0241. The first-order valence-corrected chi connectivity index (χ1v) is 11.3. The van der Waals surface area contributed by atoms with Crippen LogP contribution in [0, 0.1) is 23.7 Å². The lowest BCUT2D eigenvalue weighted by Gasteiger charge is -2.10. The topological polar surface area (TPSA) is 17.1 Å². The van der Waals surface area contributed by atoms with E-state index in [-0.39, 0.29) is 17.5 Å². The van der Waals surface area contributed by atoms with Crippen LogP contribution in [0.3, 0.4) is 0 Å². The van der Waals surface area contributed by atoms with Crippen LogP contribution in [0.15, 0.2) is 89.8 Å². The molecular weight excluding hydrogens is 395 g/mol. The highest BCUT2D eigenvalue weighted by molar-refractivity contribution is 6.03. The van der Waals surface area contributed by atoms with Gasteiger partial charge in [0, 0.05) is 23.0 Å². The predicted octanol–water partition coefficient (Wildman–Crippen LogP) is 6.56. The number of halogens is 1. The second-order valence-corrected chi connectivity index (χ2v) is 8.92. The number of ketones is 1. The van der Waals surface area contributed by atoms with Gasteiger partial charge in [0.1, 0.15) is 5.83 Å². The van der Waals surface area contributed by atoms with Crippen LogP contribution in [0.4, 0.5) is 4.39 Å². The molecule has 1 nitrogen and oxygen atoms in total. The molecule has 5 rings (SSSR count). The highest BCUT2D eigenvalue weighted by Crippen LogP contribution is 2.43. The summed E-state index contributed by atoms with van der Waals surface area (Å²) in [6, 6.07) is 16.4. The Balaban J connectivity index is 1.29. The molecule has 0 fully saturated rings. The molecule has 32 heavy (non-hydrogen) atoms. The van der Waals surface area contributed by atoms with Gasteiger partial charge in [0.15, 0.2) is 5.78 Å². The molecule has 0 spiro atoms. The zero-order chi connectivity index (χ0) is 22.1. The molecule has 158 valence electrons. The highest BCUT2D eigenvalue weighted by atomic mass is 19.1. The van der Waals surface area contributed by atoms with E-state index < -0.39 is 0 Å². The van der Waals surface area contributed by atoms with Crippen molar-refractivity contribution in [2.24, 2.45) is 11.8 Å². The van der Waals surface area contributed by atoms with Crippen molar-refractivity contribution >= 4 is 11.4 Å². The number of benzene rings is 2. The molecule has 0 saturated carbocycles. The van der Waals surface area contributed by atoms with Crippen molar-refractivity contribution in [3.05, 3.63) is 112 Å². The van der Waals surface area contributed by atoms with Crippen molar-refractivity contribution in [3.63, 3.8) is 0 Å².